The van der Waals surface area contributed by atoms with E-state index in [0.29, 0.717) is 25.1 Å². The third-order valence-corrected chi connectivity index (χ3v) is 5.37. The maximum atomic E-state index is 12.6. The minimum atomic E-state index is -1.39. The number of rotatable bonds is 4. The van der Waals surface area contributed by atoms with E-state index in [1.54, 1.807) is 4.90 Å². The molecule has 1 aliphatic heterocycles. The Hall–Kier alpha value is -3.34. The topological polar surface area (TPSA) is 139 Å². The monoisotopic (exact) mass is 404 g/mol. The number of carbonyl (C=O) groups excluding carboxylic acids is 3. The van der Waals surface area contributed by atoms with Gasteiger partial charge < -0.3 is 20.1 Å². The average Bonchev–Trinajstić information content (AvgIpc) is 3.04. The van der Waals surface area contributed by atoms with Crippen LogP contribution < -0.4 is 5.32 Å². The zero-order valence-electron chi connectivity index (χ0n) is 15.0. The standard InChI is InChI=1S/C17H16N4O6S/c1-8(22)21-6-3-9-10(7-21)28-15(11(9)17(26)27-2)20-14(23)12-13(16(24)25)19-5-4-18-12/h4-5H,3,6-7H2,1-2H3,(H,20,23)(H,24,25). The quantitative estimate of drug-likeness (QED) is 0.724. The fourth-order valence-electron chi connectivity index (χ4n) is 2.90. The highest BCUT2D eigenvalue weighted by Crippen LogP contribution is 2.37. The van der Waals surface area contributed by atoms with Crippen LogP contribution in [0.5, 0.6) is 0 Å². The summed E-state index contributed by atoms with van der Waals surface area (Å²) in [5, 5.41) is 11.9. The second kappa shape index (κ2) is 7.72. The molecule has 2 amide bonds. The number of thiophene rings is 1. The minimum absolute atomic E-state index is 0.0880. The number of carbonyl (C=O) groups is 4. The molecule has 2 aromatic rings. The predicted molar refractivity (Wildman–Crippen MR) is 97.4 cm³/mol. The van der Waals surface area contributed by atoms with E-state index in [-0.39, 0.29) is 22.2 Å². The van der Waals surface area contributed by atoms with Crippen molar-refractivity contribution >= 4 is 40.1 Å². The van der Waals surface area contributed by atoms with Crippen molar-refractivity contribution in [2.75, 3.05) is 19.0 Å². The molecule has 28 heavy (non-hydrogen) atoms. The Labute approximate surface area is 163 Å². The number of anilines is 1. The molecule has 0 radical (unpaired) electrons. The van der Waals surface area contributed by atoms with Gasteiger partial charge in [0.05, 0.1) is 19.2 Å². The Balaban J connectivity index is 1.98. The van der Waals surface area contributed by atoms with Gasteiger partial charge in [-0.15, -0.1) is 11.3 Å². The average molecular weight is 404 g/mol. The van der Waals surface area contributed by atoms with Crippen molar-refractivity contribution in [1.82, 2.24) is 14.9 Å². The zero-order valence-corrected chi connectivity index (χ0v) is 15.8. The molecule has 0 saturated carbocycles. The van der Waals surface area contributed by atoms with E-state index in [9.17, 15) is 24.3 Å². The lowest BCUT2D eigenvalue weighted by Gasteiger charge is -2.25. The number of methoxy groups -OCH3 is 1. The van der Waals surface area contributed by atoms with Gasteiger partial charge in [0, 0.05) is 30.7 Å². The van der Waals surface area contributed by atoms with Crippen LogP contribution in [0, 0.1) is 0 Å². The van der Waals surface area contributed by atoms with Crippen LogP contribution in [-0.4, -0.2) is 57.4 Å². The molecule has 0 saturated heterocycles. The number of hydrogen-bond donors (Lipinski definition) is 2. The number of aromatic carboxylic acids is 1. The third kappa shape index (κ3) is 3.56. The van der Waals surface area contributed by atoms with Crippen LogP contribution in [0.4, 0.5) is 5.00 Å². The number of esters is 1. The van der Waals surface area contributed by atoms with Crippen molar-refractivity contribution in [3.8, 4) is 0 Å². The molecule has 0 spiro atoms. The van der Waals surface area contributed by atoms with Crippen LogP contribution in [-0.2, 0) is 22.5 Å². The molecule has 0 aromatic carbocycles. The predicted octanol–water partition coefficient (Wildman–Crippen LogP) is 1.18. The summed E-state index contributed by atoms with van der Waals surface area (Å²) in [5.74, 6) is -2.91. The molecule has 146 valence electrons. The SMILES string of the molecule is COC(=O)c1c(NC(=O)c2nccnc2C(=O)O)sc2c1CCN(C(C)=O)C2. The Morgan fingerprint density at radius 1 is 1.21 bits per heavy atom. The Morgan fingerprint density at radius 2 is 1.89 bits per heavy atom. The van der Waals surface area contributed by atoms with Crippen molar-refractivity contribution in [3.63, 3.8) is 0 Å². The van der Waals surface area contributed by atoms with Crippen molar-refractivity contribution in [3.05, 3.63) is 39.8 Å². The fourth-order valence-corrected chi connectivity index (χ4v) is 4.15. The first kappa shape index (κ1) is 19.4. The summed E-state index contributed by atoms with van der Waals surface area (Å²) in [4.78, 5) is 57.7. The minimum Gasteiger partial charge on any atom is -0.476 e. The third-order valence-electron chi connectivity index (χ3n) is 4.23. The Kier molecular flexibility index (Phi) is 5.36. The van der Waals surface area contributed by atoms with Gasteiger partial charge in [0.1, 0.15) is 5.00 Å². The summed E-state index contributed by atoms with van der Waals surface area (Å²) in [6.45, 7) is 2.23. The van der Waals surface area contributed by atoms with E-state index in [0.717, 1.165) is 16.2 Å². The maximum Gasteiger partial charge on any atom is 0.356 e. The number of nitrogens with zero attached hydrogens (tertiary/aromatic N) is 3. The van der Waals surface area contributed by atoms with E-state index in [1.165, 1.54) is 26.4 Å². The number of nitrogens with one attached hydrogen (secondary N) is 1. The van der Waals surface area contributed by atoms with Gasteiger partial charge in [-0.3, -0.25) is 9.59 Å². The molecule has 0 unspecified atom stereocenters. The summed E-state index contributed by atoms with van der Waals surface area (Å²) >= 11 is 1.14. The van der Waals surface area contributed by atoms with Crippen molar-refractivity contribution in [1.29, 1.82) is 0 Å². The Bertz CT molecular complexity index is 986. The molecule has 0 fully saturated rings. The van der Waals surface area contributed by atoms with E-state index in [4.69, 9.17) is 4.74 Å². The van der Waals surface area contributed by atoms with Gasteiger partial charge in [0.15, 0.2) is 11.4 Å². The lowest BCUT2D eigenvalue weighted by atomic mass is 10.0. The summed E-state index contributed by atoms with van der Waals surface area (Å²) in [5.41, 5.74) is 0.0494. The molecular formula is C17H16N4O6S. The number of fused-ring (bicyclic) bond motifs is 1. The first-order valence-electron chi connectivity index (χ1n) is 8.17. The smallest absolute Gasteiger partial charge is 0.356 e. The van der Waals surface area contributed by atoms with Gasteiger partial charge in [-0.05, 0) is 12.0 Å². The number of aromatic nitrogens is 2. The molecule has 2 aromatic heterocycles. The summed E-state index contributed by atoms with van der Waals surface area (Å²) in [7, 11) is 1.23. The van der Waals surface area contributed by atoms with E-state index in [2.05, 4.69) is 15.3 Å². The van der Waals surface area contributed by atoms with Crippen LogP contribution in [0.1, 0.15) is 48.7 Å². The highest BCUT2D eigenvalue weighted by atomic mass is 32.1. The number of carboxylic acids is 1. The molecule has 10 nitrogen and oxygen atoms in total. The summed E-state index contributed by atoms with van der Waals surface area (Å²) in [6, 6.07) is 0. The molecule has 11 heteroatoms. The van der Waals surface area contributed by atoms with Gasteiger partial charge in [-0.1, -0.05) is 0 Å². The number of carboxylic acid groups (broad SMARTS) is 1. The molecule has 2 N–H and O–H groups in total. The van der Waals surface area contributed by atoms with Crippen LogP contribution >= 0.6 is 11.3 Å². The molecule has 3 heterocycles. The first-order chi connectivity index (χ1) is 13.3. The molecule has 0 bridgehead atoms. The van der Waals surface area contributed by atoms with Crippen LogP contribution in [0.25, 0.3) is 0 Å². The van der Waals surface area contributed by atoms with Crippen LogP contribution in [0.2, 0.25) is 0 Å². The first-order valence-corrected chi connectivity index (χ1v) is 8.99. The van der Waals surface area contributed by atoms with E-state index < -0.39 is 23.5 Å². The molecule has 3 rings (SSSR count). The normalized spacial score (nSPS) is 12.9. The molecular weight excluding hydrogens is 388 g/mol. The highest BCUT2D eigenvalue weighted by molar-refractivity contribution is 7.17. The zero-order chi connectivity index (χ0) is 20.4. The van der Waals surface area contributed by atoms with Gasteiger partial charge in [-0.25, -0.2) is 19.6 Å². The van der Waals surface area contributed by atoms with Gasteiger partial charge in [-0.2, -0.15) is 0 Å². The molecule has 0 aliphatic carbocycles. The van der Waals surface area contributed by atoms with E-state index in [1.807, 2.05) is 0 Å². The highest BCUT2D eigenvalue weighted by Gasteiger charge is 2.31. The van der Waals surface area contributed by atoms with Crippen molar-refractivity contribution in [2.24, 2.45) is 0 Å². The Morgan fingerprint density at radius 3 is 2.50 bits per heavy atom. The van der Waals surface area contributed by atoms with Gasteiger partial charge in [0.25, 0.3) is 5.91 Å². The van der Waals surface area contributed by atoms with Gasteiger partial charge in [0.2, 0.25) is 5.91 Å². The number of ether oxygens (including phenoxy) is 1. The summed E-state index contributed by atoms with van der Waals surface area (Å²) in [6.07, 6.45) is 2.81. The lowest BCUT2D eigenvalue weighted by Crippen LogP contribution is -2.33. The number of amides is 2. The maximum absolute atomic E-state index is 12.6. The molecule has 1 aliphatic rings. The second-order valence-electron chi connectivity index (χ2n) is 5.90. The van der Waals surface area contributed by atoms with Crippen LogP contribution in [0.3, 0.4) is 0 Å². The van der Waals surface area contributed by atoms with E-state index >= 15 is 0 Å². The molecule has 0 atom stereocenters. The second-order valence-corrected chi connectivity index (χ2v) is 7.01. The fraction of sp³-hybridized carbons (Fsp3) is 0.294. The summed E-state index contributed by atoms with van der Waals surface area (Å²) < 4.78 is 4.84. The van der Waals surface area contributed by atoms with Crippen LogP contribution in [0.15, 0.2) is 12.4 Å². The van der Waals surface area contributed by atoms with Crippen molar-refractivity contribution in [2.45, 2.75) is 19.9 Å². The van der Waals surface area contributed by atoms with Gasteiger partial charge >= 0.3 is 11.9 Å². The lowest BCUT2D eigenvalue weighted by molar-refractivity contribution is -0.129. The number of hydrogen-bond acceptors (Lipinski definition) is 8. The van der Waals surface area contributed by atoms with Crippen molar-refractivity contribution < 1.29 is 29.0 Å². The largest absolute Gasteiger partial charge is 0.476 e.